The molecule has 10 nitrogen and oxygen atoms in total. The van der Waals surface area contributed by atoms with Gasteiger partial charge in [0.15, 0.2) is 0 Å². The summed E-state index contributed by atoms with van der Waals surface area (Å²) in [5, 5.41) is 18.9. The molecule has 5 N–H and O–H groups in total. The van der Waals surface area contributed by atoms with Crippen molar-refractivity contribution in [3.63, 3.8) is 0 Å². The second kappa shape index (κ2) is 8.42. The zero-order chi connectivity index (χ0) is 23.2. The minimum absolute atomic E-state index is 0.162. The Labute approximate surface area is 190 Å². The molecule has 0 aliphatic heterocycles. The fraction of sp³-hybridized carbons (Fsp3) is 0.565. The third-order valence-corrected chi connectivity index (χ3v) is 7.27. The fourth-order valence-electron chi connectivity index (χ4n) is 6.19. The molecule has 4 bridgehead atoms. The number of pyridine rings is 1. The molecule has 2 aromatic rings. The molecule has 0 radical (unpaired) electrons. The van der Waals surface area contributed by atoms with Gasteiger partial charge in [-0.2, -0.15) is 0 Å². The van der Waals surface area contributed by atoms with Crippen molar-refractivity contribution in [1.82, 2.24) is 9.97 Å². The van der Waals surface area contributed by atoms with E-state index < -0.39 is 23.6 Å². The van der Waals surface area contributed by atoms with Crippen molar-refractivity contribution >= 4 is 34.9 Å². The van der Waals surface area contributed by atoms with E-state index in [0.29, 0.717) is 29.1 Å². The van der Waals surface area contributed by atoms with E-state index in [9.17, 15) is 14.7 Å². The molecular formula is C23H29N5O5. The van der Waals surface area contributed by atoms with Gasteiger partial charge in [-0.25, -0.2) is 14.6 Å². The van der Waals surface area contributed by atoms with E-state index in [-0.39, 0.29) is 18.2 Å². The highest BCUT2D eigenvalue weighted by molar-refractivity contribution is 6.04. The number of aromatic amines is 1. The quantitative estimate of drug-likeness (QED) is 0.214. The Morgan fingerprint density at radius 1 is 1.39 bits per heavy atom. The first-order valence-electron chi connectivity index (χ1n) is 11.5. The molecule has 10 heteroatoms. The van der Waals surface area contributed by atoms with Crippen molar-refractivity contribution in [2.24, 2.45) is 28.6 Å². The smallest absolute Gasteiger partial charge is 0.369 e. The summed E-state index contributed by atoms with van der Waals surface area (Å²) < 4.78 is 4.81. The molecule has 0 spiro atoms. The first-order chi connectivity index (χ1) is 15.9. The number of aromatic nitrogens is 2. The zero-order valence-corrected chi connectivity index (χ0v) is 18.5. The number of esters is 1. The molecule has 2 aromatic heterocycles. The number of hydrogen-bond acceptors (Lipinski definition) is 9. The normalized spacial score (nSPS) is 31.1. The number of hydrogen-bond donors (Lipinski definition) is 4. The summed E-state index contributed by atoms with van der Waals surface area (Å²) in [5.74, 6) is -0.0696. The lowest BCUT2D eigenvalue weighted by molar-refractivity contribution is -0.142. The van der Waals surface area contributed by atoms with Gasteiger partial charge in [-0.1, -0.05) is 5.16 Å². The van der Waals surface area contributed by atoms with Gasteiger partial charge in [0.25, 0.3) is 0 Å². The number of carbonyl (C=O) groups excluding carboxylic acids is 2. The summed E-state index contributed by atoms with van der Waals surface area (Å²) >= 11 is 0. The van der Waals surface area contributed by atoms with Crippen LogP contribution < -0.4 is 11.1 Å². The predicted octanol–water partition coefficient (Wildman–Crippen LogP) is 1.95. The van der Waals surface area contributed by atoms with Crippen LogP contribution in [0.15, 0.2) is 23.6 Å². The molecule has 4 aliphatic rings. The largest absolute Gasteiger partial charge is 0.465 e. The third kappa shape index (κ3) is 4.08. The standard InChI is InChI=1S/C23H29N5O5/c1-2-32-22(30)17(24)11-27-33-21(29)16-10-26-20-15(3-4-25-20)19(16)28-18-13-5-12-6-14(18)9-23(31,7-12)8-13/h3-4,10-14,17-18,31H,2,5-9,24H2,1H3,(H2,25,26,28)/b27-11-/t12?,13-,14+,17?,18?,23?. The van der Waals surface area contributed by atoms with E-state index in [2.05, 4.69) is 20.4 Å². The van der Waals surface area contributed by atoms with E-state index in [4.69, 9.17) is 15.3 Å². The average Bonchev–Trinajstić information content (AvgIpc) is 3.24. The van der Waals surface area contributed by atoms with Gasteiger partial charge in [0.05, 0.1) is 24.1 Å². The van der Waals surface area contributed by atoms with Crippen molar-refractivity contribution < 1.29 is 24.3 Å². The molecular weight excluding hydrogens is 426 g/mol. The van der Waals surface area contributed by atoms with Gasteiger partial charge in [-0.15, -0.1) is 0 Å². The van der Waals surface area contributed by atoms with E-state index in [1.165, 1.54) is 6.20 Å². The summed E-state index contributed by atoms with van der Waals surface area (Å²) in [4.78, 5) is 36.9. The lowest BCUT2D eigenvalue weighted by Gasteiger charge is -2.58. The molecule has 4 aliphatic carbocycles. The molecule has 33 heavy (non-hydrogen) atoms. The maximum Gasteiger partial charge on any atom is 0.369 e. The number of H-pyrrole nitrogens is 1. The van der Waals surface area contributed by atoms with Crippen LogP contribution in [0.1, 0.15) is 49.4 Å². The number of fused-ring (bicyclic) bond motifs is 1. The number of carbonyl (C=O) groups is 2. The van der Waals surface area contributed by atoms with Crippen LogP contribution in [0.3, 0.4) is 0 Å². The average molecular weight is 456 g/mol. The van der Waals surface area contributed by atoms with Crippen LogP contribution in [0, 0.1) is 17.8 Å². The number of rotatable bonds is 7. The Morgan fingerprint density at radius 3 is 2.85 bits per heavy atom. The number of anilines is 1. The van der Waals surface area contributed by atoms with Crippen LogP contribution in [-0.2, 0) is 14.4 Å². The highest BCUT2D eigenvalue weighted by Crippen LogP contribution is 2.56. The lowest BCUT2D eigenvalue weighted by atomic mass is 9.52. The lowest BCUT2D eigenvalue weighted by Crippen LogP contribution is -2.59. The number of nitrogens with zero attached hydrogens (tertiary/aromatic N) is 2. The summed E-state index contributed by atoms with van der Waals surface area (Å²) in [6.45, 7) is 1.86. The number of nitrogens with one attached hydrogen (secondary N) is 2. The van der Waals surface area contributed by atoms with Crippen molar-refractivity contribution in [3.8, 4) is 0 Å². The molecule has 176 valence electrons. The van der Waals surface area contributed by atoms with Crippen LogP contribution >= 0.6 is 0 Å². The monoisotopic (exact) mass is 455 g/mol. The van der Waals surface area contributed by atoms with Crippen LogP contribution in [0.25, 0.3) is 11.0 Å². The first kappa shape index (κ1) is 21.8. The Balaban J connectivity index is 1.37. The van der Waals surface area contributed by atoms with Gasteiger partial charge in [0.1, 0.15) is 17.3 Å². The Kier molecular flexibility index (Phi) is 5.57. The minimum Gasteiger partial charge on any atom is -0.465 e. The Bertz CT molecular complexity index is 1080. The topological polar surface area (TPSA) is 152 Å². The van der Waals surface area contributed by atoms with Gasteiger partial charge in [-0.05, 0) is 62.8 Å². The minimum atomic E-state index is -1.13. The maximum atomic E-state index is 12.9. The van der Waals surface area contributed by atoms with Crippen molar-refractivity contribution in [2.75, 3.05) is 11.9 Å². The summed E-state index contributed by atoms with van der Waals surface area (Å²) in [7, 11) is 0. The van der Waals surface area contributed by atoms with E-state index in [0.717, 1.165) is 43.7 Å². The zero-order valence-electron chi connectivity index (χ0n) is 18.5. The van der Waals surface area contributed by atoms with Crippen LogP contribution in [-0.4, -0.2) is 57.5 Å². The molecule has 0 aromatic carbocycles. The van der Waals surface area contributed by atoms with Gasteiger partial charge < -0.3 is 30.7 Å². The predicted molar refractivity (Wildman–Crippen MR) is 121 cm³/mol. The summed E-state index contributed by atoms with van der Waals surface area (Å²) in [6, 6.07) is 0.902. The third-order valence-electron chi connectivity index (χ3n) is 7.27. The van der Waals surface area contributed by atoms with Crippen LogP contribution in [0.4, 0.5) is 5.69 Å². The molecule has 4 unspecified atom stereocenters. The van der Waals surface area contributed by atoms with Crippen LogP contribution in [0.2, 0.25) is 0 Å². The van der Waals surface area contributed by atoms with Crippen molar-refractivity contribution in [2.45, 2.75) is 56.7 Å². The number of ether oxygens (including phenoxy) is 1. The van der Waals surface area contributed by atoms with E-state index >= 15 is 0 Å². The SMILES string of the molecule is CCOC(=O)C(N)/C=N\OC(=O)c1cnc2[nH]ccc2c1NC1[C@@H]2CC3C[C@H]1CC(O)(C3)C2. The second-order valence-corrected chi connectivity index (χ2v) is 9.56. The van der Waals surface area contributed by atoms with Gasteiger partial charge in [0.2, 0.25) is 0 Å². The maximum absolute atomic E-state index is 12.9. The molecule has 2 heterocycles. The highest BCUT2D eigenvalue weighted by atomic mass is 16.7. The van der Waals surface area contributed by atoms with Crippen molar-refractivity contribution in [3.05, 3.63) is 24.0 Å². The summed E-state index contributed by atoms with van der Waals surface area (Å²) in [5.41, 5.74) is 6.66. The van der Waals surface area contributed by atoms with Gasteiger partial charge in [-0.3, -0.25) is 0 Å². The number of aliphatic hydroxyl groups is 1. The number of nitrogens with two attached hydrogens (primary N) is 1. The molecule has 0 saturated heterocycles. The summed E-state index contributed by atoms with van der Waals surface area (Å²) in [6.07, 6.45) is 8.92. The highest BCUT2D eigenvalue weighted by Gasteiger charge is 2.54. The fourth-order valence-corrected chi connectivity index (χ4v) is 6.19. The molecule has 4 saturated carbocycles. The second-order valence-electron chi connectivity index (χ2n) is 9.56. The molecule has 4 fully saturated rings. The van der Waals surface area contributed by atoms with Gasteiger partial charge in [0, 0.05) is 23.8 Å². The first-order valence-corrected chi connectivity index (χ1v) is 11.5. The van der Waals surface area contributed by atoms with E-state index in [1.54, 1.807) is 13.1 Å². The van der Waals surface area contributed by atoms with Crippen LogP contribution in [0.5, 0.6) is 0 Å². The Hall–Kier alpha value is -2.98. The van der Waals surface area contributed by atoms with Gasteiger partial charge >= 0.3 is 11.9 Å². The molecule has 6 atom stereocenters. The van der Waals surface area contributed by atoms with Crippen molar-refractivity contribution in [1.29, 1.82) is 0 Å². The molecule has 6 rings (SSSR count). The Morgan fingerprint density at radius 2 is 2.15 bits per heavy atom. The van der Waals surface area contributed by atoms with E-state index in [1.807, 2.05) is 6.07 Å². The number of oxime groups is 1. The molecule has 0 amide bonds.